The summed E-state index contributed by atoms with van der Waals surface area (Å²) < 4.78 is 3.03. The maximum absolute atomic E-state index is 10.5. The van der Waals surface area contributed by atoms with Gasteiger partial charge in [0.2, 0.25) is 5.91 Å². The van der Waals surface area contributed by atoms with Gasteiger partial charge in [-0.15, -0.1) is 0 Å². The summed E-state index contributed by atoms with van der Waals surface area (Å²) in [6.45, 7) is 0.994. The summed E-state index contributed by atoms with van der Waals surface area (Å²) >= 11 is 1.45. The highest BCUT2D eigenvalue weighted by atomic mass is 32.2. The van der Waals surface area contributed by atoms with Crippen LogP contribution in [0.25, 0.3) is 0 Å². The Balaban J connectivity index is 2.31. The summed E-state index contributed by atoms with van der Waals surface area (Å²) in [5.74, 6) is -0.202. The van der Waals surface area contributed by atoms with Crippen LogP contribution in [-0.2, 0) is 4.79 Å². The minimum absolute atomic E-state index is 0.00116. The van der Waals surface area contributed by atoms with Gasteiger partial charge in [0.15, 0.2) is 0 Å². The van der Waals surface area contributed by atoms with Gasteiger partial charge < -0.3 is 5.73 Å². The van der Waals surface area contributed by atoms with Crippen molar-refractivity contribution in [3.63, 3.8) is 0 Å². The molecule has 0 aliphatic carbocycles. The van der Waals surface area contributed by atoms with Gasteiger partial charge in [0.05, 0.1) is 5.25 Å². The molecule has 1 atom stereocenters. The smallest absolute Gasteiger partial charge is 0.231 e. The van der Waals surface area contributed by atoms with Crippen molar-refractivity contribution >= 4 is 17.9 Å². The van der Waals surface area contributed by atoms with E-state index in [4.69, 9.17) is 5.73 Å². The van der Waals surface area contributed by atoms with E-state index in [1.165, 1.54) is 11.9 Å². The second-order valence-electron chi connectivity index (χ2n) is 2.05. The Morgan fingerprint density at radius 1 is 1.78 bits per heavy atom. The molecule has 4 heteroatoms. The van der Waals surface area contributed by atoms with Crippen molar-refractivity contribution in [2.24, 2.45) is 5.73 Å². The SMILES string of the molecule is NC(=O)C1CCCNS1. The van der Waals surface area contributed by atoms with E-state index in [-0.39, 0.29) is 11.2 Å². The Labute approximate surface area is 58.5 Å². The van der Waals surface area contributed by atoms with Gasteiger partial charge in [-0.05, 0) is 12.8 Å². The fraction of sp³-hybridized carbons (Fsp3) is 0.800. The Kier molecular flexibility index (Phi) is 2.36. The summed E-state index contributed by atoms with van der Waals surface area (Å²) in [7, 11) is 0. The topological polar surface area (TPSA) is 55.1 Å². The van der Waals surface area contributed by atoms with Crippen LogP contribution in [-0.4, -0.2) is 17.7 Å². The van der Waals surface area contributed by atoms with Crippen molar-refractivity contribution in [3.8, 4) is 0 Å². The second kappa shape index (κ2) is 3.08. The molecule has 3 N–H and O–H groups in total. The molecule has 0 bridgehead atoms. The standard InChI is InChI=1S/C5H10N2OS/c6-5(8)4-2-1-3-7-9-4/h4,7H,1-3H2,(H2,6,8). The Morgan fingerprint density at radius 2 is 2.56 bits per heavy atom. The van der Waals surface area contributed by atoms with Crippen LogP contribution in [0.3, 0.4) is 0 Å². The molecule has 1 aliphatic rings. The number of nitrogens with two attached hydrogens (primary N) is 1. The average Bonchev–Trinajstić information content (AvgIpc) is 1.90. The third-order valence-electron chi connectivity index (χ3n) is 1.29. The lowest BCUT2D eigenvalue weighted by atomic mass is 10.2. The molecule has 0 aromatic heterocycles. The van der Waals surface area contributed by atoms with E-state index < -0.39 is 0 Å². The second-order valence-corrected chi connectivity index (χ2v) is 3.14. The molecule has 0 radical (unpaired) electrons. The number of carbonyl (C=O) groups is 1. The molecule has 1 rings (SSSR count). The Hall–Kier alpha value is -0.220. The fourth-order valence-corrected chi connectivity index (χ4v) is 1.64. The predicted octanol–water partition coefficient (Wildman–Crippen LogP) is -0.128. The molecule has 1 aliphatic heterocycles. The number of hydrogen-bond donors (Lipinski definition) is 2. The molecule has 0 saturated carbocycles. The zero-order valence-corrected chi connectivity index (χ0v) is 5.91. The van der Waals surface area contributed by atoms with Gasteiger partial charge in [-0.1, -0.05) is 11.9 Å². The third kappa shape index (κ3) is 1.87. The predicted molar refractivity (Wildman–Crippen MR) is 37.8 cm³/mol. The first kappa shape index (κ1) is 6.89. The van der Waals surface area contributed by atoms with Gasteiger partial charge in [-0.25, -0.2) is 0 Å². The number of rotatable bonds is 1. The highest BCUT2D eigenvalue weighted by Crippen LogP contribution is 2.16. The normalized spacial score (nSPS) is 27.8. The number of carbonyl (C=O) groups excluding carboxylic acids is 1. The number of amides is 1. The van der Waals surface area contributed by atoms with Crippen LogP contribution in [0, 0.1) is 0 Å². The van der Waals surface area contributed by atoms with E-state index in [1.807, 2.05) is 0 Å². The highest BCUT2D eigenvalue weighted by molar-refractivity contribution is 7.98. The third-order valence-corrected chi connectivity index (χ3v) is 2.41. The van der Waals surface area contributed by atoms with E-state index in [2.05, 4.69) is 4.72 Å². The zero-order chi connectivity index (χ0) is 6.69. The quantitative estimate of drug-likeness (QED) is 0.507. The van der Waals surface area contributed by atoms with Crippen molar-refractivity contribution in [3.05, 3.63) is 0 Å². The molecule has 1 unspecified atom stereocenters. The van der Waals surface area contributed by atoms with Gasteiger partial charge in [0.25, 0.3) is 0 Å². The fourth-order valence-electron chi connectivity index (χ4n) is 0.778. The van der Waals surface area contributed by atoms with Crippen LogP contribution in [0.4, 0.5) is 0 Å². The maximum atomic E-state index is 10.5. The van der Waals surface area contributed by atoms with Gasteiger partial charge in [0.1, 0.15) is 0 Å². The largest absolute Gasteiger partial charge is 0.369 e. The van der Waals surface area contributed by atoms with Crippen molar-refractivity contribution in [2.75, 3.05) is 6.54 Å². The van der Waals surface area contributed by atoms with Crippen LogP contribution < -0.4 is 10.5 Å². The molecule has 0 spiro atoms. The summed E-state index contributed by atoms with van der Waals surface area (Å²) in [4.78, 5) is 10.5. The van der Waals surface area contributed by atoms with E-state index in [9.17, 15) is 4.79 Å². The van der Waals surface area contributed by atoms with Gasteiger partial charge in [-0.3, -0.25) is 9.52 Å². The molecule has 0 aromatic carbocycles. The van der Waals surface area contributed by atoms with E-state index in [0.29, 0.717) is 0 Å². The van der Waals surface area contributed by atoms with E-state index in [0.717, 1.165) is 19.4 Å². The maximum Gasteiger partial charge on any atom is 0.231 e. The number of primary amides is 1. The van der Waals surface area contributed by atoms with Crippen LogP contribution in [0.5, 0.6) is 0 Å². The van der Waals surface area contributed by atoms with Crippen LogP contribution in [0.1, 0.15) is 12.8 Å². The van der Waals surface area contributed by atoms with Crippen LogP contribution >= 0.6 is 11.9 Å². The molecule has 1 amide bonds. The first-order valence-corrected chi connectivity index (χ1v) is 3.86. The first-order chi connectivity index (χ1) is 4.30. The molecule has 0 aromatic rings. The summed E-state index contributed by atoms with van der Waals surface area (Å²) in [6, 6.07) is 0. The minimum atomic E-state index is -0.202. The Bertz CT molecular complexity index is 112. The first-order valence-electron chi connectivity index (χ1n) is 2.98. The molecule has 52 valence electrons. The molecular formula is C5H10N2OS. The van der Waals surface area contributed by atoms with Crippen molar-refractivity contribution in [2.45, 2.75) is 18.1 Å². The van der Waals surface area contributed by atoms with Crippen molar-refractivity contribution in [1.82, 2.24) is 4.72 Å². The minimum Gasteiger partial charge on any atom is -0.369 e. The van der Waals surface area contributed by atoms with Gasteiger partial charge in [-0.2, -0.15) is 0 Å². The Morgan fingerprint density at radius 3 is 2.89 bits per heavy atom. The van der Waals surface area contributed by atoms with E-state index in [1.54, 1.807) is 0 Å². The molecule has 1 heterocycles. The van der Waals surface area contributed by atoms with E-state index >= 15 is 0 Å². The van der Waals surface area contributed by atoms with Gasteiger partial charge in [0, 0.05) is 6.54 Å². The molecule has 3 nitrogen and oxygen atoms in total. The molecule has 1 saturated heterocycles. The van der Waals surface area contributed by atoms with Gasteiger partial charge >= 0.3 is 0 Å². The van der Waals surface area contributed by atoms with Crippen molar-refractivity contribution < 1.29 is 4.79 Å². The van der Waals surface area contributed by atoms with Crippen LogP contribution in [0.15, 0.2) is 0 Å². The van der Waals surface area contributed by atoms with Crippen molar-refractivity contribution in [1.29, 1.82) is 0 Å². The molecular weight excluding hydrogens is 136 g/mol. The molecule has 9 heavy (non-hydrogen) atoms. The monoisotopic (exact) mass is 146 g/mol. The lowest BCUT2D eigenvalue weighted by molar-refractivity contribution is -0.117. The molecule has 1 fully saturated rings. The van der Waals surface area contributed by atoms with Crippen LogP contribution in [0.2, 0.25) is 0 Å². The average molecular weight is 146 g/mol. The highest BCUT2D eigenvalue weighted by Gasteiger charge is 2.18. The summed E-state index contributed by atoms with van der Waals surface area (Å²) in [6.07, 6.45) is 1.98. The summed E-state index contributed by atoms with van der Waals surface area (Å²) in [5.41, 5.74) is 5.07. The lowest BCUT2D eigenvalue weighted by Crippen LogP contribution is -2.32. The number of nitrogens with one attached hydrogen (secondary N) is 1. The lowest BCUT2D eigenvalue weighted by Gasteiger charge is -2.17. The zero-order valence-electron chi connectivity index (χ0n) is 5.09. The number of hydrogen-bond acceptors (Lipinski definition) is 3. The summed E-state index contributed by atoms with van der Waals surface area (Å²) in [5, 5.41) is -0.00116.